The summed E-state index contributed by atoms with van der Waals surface area (Å²) in [6, 6.07) is 3.44. The highest BCUT2D eigenvalue weighted by atomic mass is 16.6. The van der Waals surface area contributed by atoms with Crippen molar-refractivity contribution in [2.45, 2.75) is 13.3 Å². The predicted octanol–water partition coefficient (Wildman–Crippen LogP) is 1.65. The van der Waals surface area contributed by atoms with Crippen LogP contribution in [0.4, 0.5) is 11.5 Å². The Balaban J connectivity index is 2.94. The molecule has 0 aliphatic heterocycles. The Bertz CT molecular complexity index is 439. The molecule has 0 aliphatic rings. The molecule has 6 heteroatoms. The number of aromatic nitrogens is 1. The molecule has 84 valence electrons. The first-order valence-corrected chi connectivity index (χ1v) is 4.75. The third kappa shape index (κ3) is 2.67. The molecule has 0 fully saturated rings. The number of nitro groups is 1. The second-order valence-corrected chi connectivity index (χ2v) is 3.42. The lowest BCUT2D eigenvalue weighted by Crippen LogP contribution is -2.19. The van der Waals surface area contributed by atoms with Crippen LogP contribution in [0.1, 0.15) is 12.0 Å². The third-order valence-corrected chi connectivity index (χ3v) is 2.21. The van der Waals surface area contributed by atoms with E-state index in [-0.39, 0.29) is 5.69 Å². The molecule has 0 saturated carbocycles. The molecule has 0 aliphatic carbocycles. The molecular weight excluding hydrogens is 208 g/mol. The van der Waals surface area contributed by atoms with Gasteiger partial charge in [-0.2, -0.15) is 5.26 Å². The van der Waals surface area contributed by atoms with Crippen LogP contribution in [0.2, 0.25) is 0 Å². The number of nitrogens with zero attached hydrogens (tertiary/aromatic N) is 4. The average molecular weight is 220 g/mol. The summed E-state index contributed by atoms with van der Waals surface area (Å²) >= 11 is 0. The maximum Gasteiger partial charge on any atom is 0.277 e. The minimum atomic E-state index is -0.432. The molecule has 1 aromatic heterocycles. The summed E-state index contributed by atoms with van der Waals surface area (Å²) in [6.45, 7) is 2.15. The Kier molecular flexibility index (Phi) is 3.78. The molecule has 1 heterocycles. The van der Waals surface area contributed by atoms with Gasteiger partial charge in [-0.25, -0.2) is 4.98 Å². The van der Waals surface area contributed by atoms with Crippen molar-refractivity contribution in [1.29, 1.82) is 5.26 Å². The second-order valence-electron chi connectivity index (χ2n) is 3.42. The minimum absolute atomic E-state index is 0.0498. The van der Waals surface area contributed by atoms with Gasteiger partial charge >= 0.3 is 0 Å². The first-order valence-electron chi connectivity index (χ1n) is 4.75. The highest BCUT2D eigenvalue weighted by Gasteiger charge is 2.13. The largest absolute Gasteiger partial charge is 0.358 e. The van der Waals surface area contributed by atoms with Crippen LogP contribution in [0.3, 0.4) is 0 Å². The smallest absolute Gasteiger partial charge is 0.277 e. The third-order valence-electron chi connectivity index (χ3n) is 2.21. The fourth-order valence-electron chi connectivity index (χ4n) is 1.24. The van der Waals surface area contributed by atoms with Crippen molar-refractivity contribution in [3.05, 3.63) is 27.9 Å². The number of aryl methyl sites for hydroxylation is 1. The van der Waals surface area contributed by atoms with Crippen molar-refractivity contribution >= 4 is 11.5 Å². The van der Waals surface area contributed by atoms with Crippen molar-refractivity contribution in [3.8, 4) is 6.07 Å². The van der Waals surface area contributed by atoms with Crippen molar-refractivity contribution in [2.75, 3.05) is 18.5 Å². The van der Waals surface area contributed by atoms with Gasteiger partial charge in [0, 0.05) is 25.4 Å². The van der Waals surface area contributed by atoms with Gasteiger partial charge in [0.1, 0.15) is 5.82 Å². The van der Waals surface area contributed by atoms with Crippen LogP contribution in [0.5, 0.6) is 0 Å². The SMILES string of the molecule is Cc1cnc(N(C)CCC#N)cc1[N+](=O)[O-]. The van der Waals surface area contributed by atoms with E-state index in [1.807, 2.05) is 6.07 Å². The van der Waals surface area contributed by atoms with E-state index in [0.29, 0.717) is 24.3 Å². The topological polar surface area (TPSA) is 83.1 Å². The van der Waals surface area contributed by atoms with Crippen molar-refractivity contribution in [3.63, 3.8) is 0 Å². The summed E-state index contributed by atoms with van der Waals surface area (Å²) in [5, 5.41) is 19.2. The van der Waals surface area contributed by atoms with Gasteiger partial charge in [-0.15, -0.1) is 0 Å². The molecule has 1 aromatic rings. The number of hydrogen-bond donors (Lipinski definition) is 0. The van der Waals surface area contributed by atoms with Crippen LogP contribution in [0.25, 0.3) is 0 Å². The lowest BCUT2D eigenvalue weighted by atomic mass is 10.2. The van der Waals surface area contributed by atoms with Gasteiger partial charge < -0.3 is 4.90 Å². The number of nitriles is 1. The molecule has 0 spiro atoms. The normalized spacial score (nSPS) is 9.56. The van der Waals surface area contributed by atoms with E-state index in [9.17, 15) is 10.1 Å². The quantitative estimate of drug-likeness (QED) is 0.569. The van der Waals surface area contributed by atoms with Gasteiger partial charge in [0.05, 0.1) is 23.5 Å². The zero-order chi connectivity index (χ0) is 12.1. The Morgan fingerprint density at radius 1 is 1.69 bits per heavy atom. The lowest BCUT2D eigenvalue weighted by molar-refractivity contribution is -0.385. The Morgan fingerprint density at radius 2 is 2.38 bits per heavy atom. The zero-order valence-corrected chi connectivity index (χ0v) is 9.17. The fourth-order valence-corrected chi connectivity index (χ4v) is 1.24. The molecule has 0 unspecified atom stereocenters. The molecule has 16 heavy (non-hydrogen) atoms. The molecular formula is C10H12N4O2. The minimum Gasteiger partial charge on any atom is -0.358 e. The summed E-state index contributed by atoms with van der Waals surface area (Å²) in [4.78, 5) is 16.1. The van der Waals surface area contributed by atoms with E-state index >= 15 is 0 Å². The Hall–Kier alpha value is -2.16. The van der Waals surface area contributed by atoms with Crippen molar-refractivity contribution < 1.29 is 4.92 Å². The lowest BCUT2D eigenvalue weighted by Gasteiger charge is -2.16. The Labute approximate surface area is 93.3 Å². The van der Waals surface area contributed by atoms with Crippen LogP contribution >= 0.6 is 0 Å². The summed E-state index contributed by atoms with van der Waals surface area (Å²) in [5.74, 6) is 0.507. The predicted molar refractivity (Wildman–Crippen MR) is 59.1 cm³/mol. The molecule has 0 saturated heterocycles. The van der Waals surface area contributed by atoms with Gasteiger partial charge in [0.25, 0.3) is 5.69 Å². The van der Waals surface area contributed by atoms with Gasteiger partial charge in [-0.05, 0) is 6.92 Å². The molecule has 0 amide bonds. The van der Waals surface area contributed by atoms with Gasteiger partial charge in [0.15, 0.2) is 0 Å². The highest BCUT2D eigenvalue weighted by molar-refractivity contribution is 5.50. The summed E-state index contributed by atoms with van der Waals surface area (Å²) in [5.41, 5.74) is 0.580. The van der Waals surface area contributed by atoms with Crippen LogP contribution in [0, 0.1) is 28.4 Å². The standard InChI is InChI=1S/C10H12N4O2/c1-8-7-12-10(6-9(8)14(15)16)13(2)5-3-4-11/h6-7H,3,5H2,1-2H3. The highest BCUT2D eigenvalue weighted by Crippen LogP contribution is 2.21. The zero-order valence-electron chi connectivity index (χ0n) is 9.17. The number of anilines is 1. The molecule has 0 N–H and O–H groups in total. The average Bonchev–Trinajstić information content (AvgIpc) is 2.26. The van der Waals surface area contributed by atoms with Gasteiger partial charge in [-0.1, -0.05) is 0 Å². The van der Waals surface area contributed by atoms with Crippen LogP contribution in [-0.2, 0) is 0 Å². The van der Waals surface area contributed by atoms with E-state index < -0.39 is 4.92 Å². The summed E-state index contributed by atoms with van der Waals surface area (Å²) < 4.78 is 0. The molecule has 0 radical (unpaired) electrons. The van der Waals surface area contributed by atoms with E-state index in [1.54, 1.807) is 18.9 Å². The summed E-state index contributed by atoms with van der Waals surface area (Å²) in [6.07, 6.45) is 1.83. The van der Waals surface area contributed by atoms with Gasteiger partial charge in [0.2, 0.25) is 0 Å². The first kappa shape index (κ1) is 11.9. The second kappa shape index (κ2) is 5.07. The molecule has 1 rings (SSSR count). The Morgan fingerprint density at radius 3 is 2.94 bits per heavy atom. The number of hydrogen-bond acceptors (Lipinski definition) is 5. The monoisotopic (exact) mass is 220 g/mol. The van der Waals surface area contributed by atoms with E-state index in [4.69, 9.17) is 5.26 Å². The first-order chi connectivity index (χ1) is 7.56. The molecule has 0 aromatic carbocycles. The molecule has 0 bridgehead atoms. The van der Waals surface area contributed by atoms with Crippen molar-refractivity contribution in [2.24, 2.45) is 0 Å². The maximum atomic E-state index is 10.7. The molecule has 0 atom stereocenters. The fraction of sp³-hybridized carbons (Fsp3) is 0.400. The van der Waals surface area contributed by atoms with E-state index in [0.717, 1.165) is 0 Å². The van der Waals surface area contributed by atoms with E-state index in [2.05, 4.69) is 4.98 Å². The summed E-state index contributed by atoms with van der Waals surface area (Å²) in [7, 11) is 1.75. The van der Waals surface area contributed by atoms with Gasteiger partial charge in [-0.3, -0.25) is 10.1 Å². The maximum absolute atomic E-state index is 10.7. The number of rotatable bonds is 4. The van der Waals surface area contributed by atoms with E-state index in [1.165, 1.54) is 12.3 Å². The van der Waals surface area contributed by atoms with Crippen LogP contribution in [-0.4, -0.2) is 23.5 Å². The van der Waals surface area contributed by atoms with Crippen LogP contribution in [0.15, 0.2) is 12.3 Å². The van der Waals surface area contributed by atoms with Crippen LogP contribution < -0.4 is 4.90 Å². The molecule has 6 nitrogen and oxygen atoms in total. The number of pyridine rings is 1. The van der Waals surface area contributed by atoms with Crippen molar-refractivity contribution in [1.82, 2.24) is 4.98 Å².